The second-order valence-electron chi connectivity index (χ2n) is 5.80. The number of nitrogens with one attached hydrogen (secondary N) is 2. The molecule has 1 amide bonds. The van der Waals surface area contributed by atoms with Crippen LogP contribution in [0.4, 0.5) is 4.79 Å². The predicted octanol–water partition coefficient (Wildman–Crippen LogP) is 3.50. The maximum absolute atomic E-state index is 11.4. The van der Waals surface area contributed by atoms with Crippen LogP contribution in [0.25, 0.3) is 0 Å². The summed E-state index contributed by atoms with van der Waals surface area (Å²) in [4.78, 5) is 11.4. The number of carbonyl (C=O) groups is 1. The molecule has 0 saturated heterocycles. The molecule has 0 aliphatic heterocycles. The van der Waals surface area contributed by atoms with Crippen LogP contribution in [0.2, 0.25) is 0 Å². The van der Waals surface area contributed by atoms with Crippen molar-refractivity contribution in [1.29, 1.82) is 0 Å². The van der Waals surface area contributed by atoms with Gasteiger partial charge in [-0.05, 0) is 45.7 Å². The molecule has 21 heavy (non-hydrogen) atoms. The van der Waals surface area contributed by atoms with Gasteiger partial charge in [-0.25, -0.2) is 4.79 Å². The van der Waals surface area contributed by atoms with Crippen LogP contribution in [0.5, 0.6) is 0 Å². The first-order valence-corrected chi connectivity index (χ1v) is 7.19. The molecule has 120 valence electrons. The molecule has 2 N–H and O–H groups in total. The summed E-state index contributed by atoms with van der Waals surface area (Å²) in [6, 6.07) is 10.3. The Kier molecular flexibility index (Phi) is 9.84. The number of amides is 1. The summed E-state index contributed by atoms with van der Waals surface area (Å²) in [5.74, 6) is 0. The molecule has 0 saturated carbocycles. The number of carbonyl (C=O) groups excluding carboxylic acids is 1. The van der Waals surface area contributed by atoms with Gasteiger partial charge in [-0.1, -0.05) is 30.3 Å². The first-order valence-electron chi connectivity index (χ1n) is 7.19. The highest BCUT2D eigenvalue weighted by Crippen LogP contribution is 2.06. The molecule has 0 unspecified atom stereocenters. The molecular formula is C16H27ClN2O2. The number of ether oxygens (including phenoxy) is 1. The van der Waals surface area contributed by atoms with Gasteiger partial charge in [0, 0.05) is 13.1 Å². The lowest BCUT2D eigenvalue weighted by Crippen LogP contribution is -2.33. The quantitative estimate of drug-likeness (QED) is 0.757. The van der Waals surface area contributed by atoms with E-state index in [1.165, 1.54) is 5.56 Å². The lowest BCUT2D eigenvalue weighted by atomic mass is 10.2. The monoisotopic (exact) mass is 314 g/mol. The summed E-state index contributed by atoms with van der Waals surface area (Å²) >= 11 is 0. The maximum Gasteiger partial charge on any atom is 0.407 e. The van der Waals surface area contributed by atoms with E-state index in [2.05, 4.69) is 22.8 Å². The molecule has 0 heterocycles. The molecule has 0 fully saturated rings. The summed E-state index contributed by atoms with van der Waals surface area (Å²) < 4.78 is 5.16. The summed E-state index contributed by atoms with van der Waals surface area (Å²) in [7, 11) is 0. The van der Waals surface area contributed by atoms with Gasteiger partial charge < -0.3 is 15.4 Å². The second-order valence-corrected chi connectivity index (χ2v) is 5.80. The van der Waals surface area contributed by atoms with E-state index < -0.39 is 5.60 Å². The number of alkyl carbamates (subject to hydrolysis) is 1. The molecular weight excluding hydrogens is 288 g/mol. The maximum atomic E-state index is 11.4. The Balaban J connectivity index is 0.00000400. The molecule has 0 aliphatic carbocycles. The van der Waals surface area contributed by atoms with Crippen molar-refractivity contribution >= 4 is 18.5 Å². The third-order valence-electron chi connectivity index (χ3n) is 2.62. The third kappa shape index (κ3) is 11.1. The fourth-order valence-corrected chi connectivity index (χ4v) is 1.71. The van der Waals surface area contributed by atoms with Gasteiger partial charge in [0.1, 0.15) is 5.60 Å². The minimum absolute atomic E-state index is 0. The van der Waals surface area contributed by atoms with Crippen molar-refractivity contribution in [3.05, 3.63) is 35.9 Å². The number of unbranched alkanes of at least 4 members (excludes halogenated alkanes) is 1. The smallest absolute Gasteiger partial charge is 0.407 e. The van der Waals surface area contributed by atoms with Gasteiger partial charge in [-0.3, -0.25) is 0 Å². The molecule has 1 rings (SSSR count). The number of benzene rings is 1. The molecule has 0 atom stereocenters. The fraction of sp³-hybridized carbons (Fsp3) is 0.562. The molecule has 0 aromatic heterocycles. The van der Waals surface area contributed by atoms with Crippen molar-refractivity contribution in [3.8, 4) is 0 Å². The van der Waals surface area contributed by atoms with Crippen LogP contribution < -0.4 is 10.6 Å². The van der Waals surface area contributed by atoms with Crippen molar-refractivity contribution in [1.82, 2.24) is 10.6 Å². The molecule has 0 radical (unpaired) electrons. The van der Waals surface area contributed by atoms with E-state index in [4.69, 9.17) is 4.74 Å². The highest BCUT2D eigenvalue weighted by Gasteiger charge is 2.15. The zero-order valence-corrected chi connectivity index (χ0v) is 14.0. The van der Waals surface area contributed by atoms with Crippen LogP contribution >= 0.6 is 12.4 Å². The molecule has 0 spiro atoms. The predicted molar refractivity (Wildman–Crippen MR) is 88.9 cm³/mol. The average Bonchev–Trinajstić information content (AvgIpc) is 2.37. The van der Waals surface area contributed by atoms with Gasteiger partial charge in [-0.15, -0.1) is 12.4 Å². The summed E-state index contributed by atoms with van der Waals surface area (Å²) in [5.41, 5.74) is 0.862. The molecule has 0 bridgehead atoms. The summed E-state index contributed by atoms with van der Waals surface area (Å²) in [6.45, 7) is 8.08. The Labute approximate surface area is 134 Å². The van der Waals surface area contributed by atoms with Crippen LogP contribution in [-0.4, -0.2) is 24.8 Å². The summed E-state index contributed by atoms with van der Waals surface area (Å²) in [6.07, 6.45) is 1.64. The van der Waals surface area contributed by atoms with Crippen molar-refractivity contribution in [2.45, 2.75) is 45.8 Å². The van der Waals surface area contributed by atoms with E-state index in [9.17, 15) is 4.79 Å². The third-order valence-corrected chi connectivity index (χ3v) is 2.62. The molecule has 1 aromatic carbocycles. The average molecular weight is 315 g/mol. The number of hydrogen-bond donors (Lipinski definition) is 2. The van der Waals surface area contributed by atoms with Crippen molar-refractivity contribution in [3.63, 3.8) is 0 Å². The Hall–Kier alpha value is -1.26. The lowest BCUT2D eigenvalue weighted by molar-refractivity contribution is 0.0527. The van der Waals surface area contributed by atoms with E-state index in [1.54, 1.807) is 0 Å². The fourth-order valence-electron chi connectivity index (χ4n) is 1.71. The minimum Gasteiger partial charge on any atom is -0.444 e. The van der Waals surface area contributed by atoms with Gasteiger partial charge in [0.05, 0.1) is 0 Å². The zero-order valence-electron chi connectivity index (χ0n) is 13.1. The first kappa shape index (κ1) is 19.7. The molecule has 4 nitrogen and oxygen atoms in total. The Morgan fingerprint density at radius 3 is 2.33 bits per heavy atom. The first-order chi connectivity index (χ1) is 9.47. The molecule has 0 aliphatic rings. The summed E-state index contributed by atoms with van der Waals surface area (Å²) in [5, 5.41) is 6.14. The van der Waals surface area contributed by atoms with Gasteiger partial charge in [0.15, 0.2) is 0 Å². The SMILES string of the molecule is CC(C)(C)OC(=O)NCCCCNCc1ccccc1.Cl. The van der Waals surface area contributed by atoms with E-state index in [0.717, 1.165) is 25.9 Å². The Bertz CT molecular complexity index is 391. The van der Waals surface area contributed by atoms with E-state index in [0.29, 0.717) is 6.54 Å². The normalized spacial score (nSPS) is 10.6. The van der Waals surface area contributed by atoms with Crippen LogP contribution in [-0.2, 0) is 11.3 Å². The van der Waals surface area contributed by atoms with Gasteiger partial charge in [0.25, 0.3) is 0 Å². The minimum atomic E-state index is -0.429. The van der Waals surface area contributed by atoms with Crippen LogP contribution in [0, 0.1) is 0 Å². The van der Waals surface area contributed by atoms with Crippen LogP contribution in [0.1, 0.15) is 39.2 Å². The van der Waals surface area contributed by atoms with Crippen LogP contribution in [0.3, 0.4) is 0 Å². The van der Waals surface area contributed by atoms with Gasteiger partial charge in [-0.2, -0.15) is 0 Å². The van der Waals surface area contributed by atoms with Crippen LogP contribution in [0.15, 0.2) is 30.3 Å². The van der Waals surface area contributed by atoms with E-state index in [-0.39, 0.29) is 18.5 Å². The highest BCUT2D eigenvalue weighted by molar-refractivity contribution is 5.85. The zero-order chi connectivity index (χ0) is 14.8. The lowest BCUT2D eigenvalue weighted by Gasteiger charge is -2.19. The largest absolute Gasteiger partial charge is 0.444 e. The van der Waals surface area contributed by atoms with Crippen molar-refractivity contribution in [2.75, 3.05) is 13.1 Å². The van der Waals surface area contributed by atoms with Crippen molar-refractivity contribution in [2.24, 2.45) is 0 Å². The molecule has 1 aromatic rings. The Morgan fingerprint density at radius 2 is 1.71 bits per heavy atom. The topological polar surface area (TPSA) is 50.4 Å². The number of halogens is 1. The van der Waals surface area contributed by atoms with Gasteiger partial charge in [0.2, 0.25) is 0 Å². The number of rotatable bonds is 7. The van der Waals surface area contributed by atoms with Gasteiger partial charge >= 0.3 is 6.09 Å². The second kappa shape index (κ2) is 10.5. The number of hydrogen-bond acceptors (Lipinski definition) is 3. The highest BCUT2D eigenvalue weighted by atomic mass is 35.5. The Morgan fingerprint density at radius 1 is 1.10 bits per heavy atom. The standard InChI is InChI=1S/C16H26N2O2.ClH/c1-16(2,3)20-15(19)18-12-8-7-11-17-13-14-9-5-4-6-10-14;/h4-6,9-10,17H,7-8,11-13H2,1-3H3,(H,18,19);1H. The molecule has 5 heteroatoms. The van der Waals surface area contributed by atoms with Crippen molar-refractivity contribution < 1.29 is 9.53 Å². The van der Waals surface area contributed by atoms with E-state index in [1.807, 2.05) is 39.0 Å². The van der Waals surface area contributed by atoms with E-state index >= 15 is 0 Å².